The van der Waals surface area contributed by atoms with Gasteiger partial charge >= 0.3 is 0 Å². The molecule has 0 fully saturated rings. The Morgan fingerprint density at radius 1 is 1.50 bits per heavy atom. The zero-order valence-corrected chi connectivity index (χ0v) is 7.54. The van der Waals surface area contributed by atoms with E-state index in [1.54, 1.807) is 0 Å². The van der Waals surface area contributed by atoms with Crippen molar-refractivity contribution in [3.8, 4) is 0 Å². The molecule has 0 unspecified atom stereocenters. The highest BCUT2D eigenvalue weighted by Crippen LogP contribution is 1.83. The van der Waals surface area contributed by atoms with E-state index in [9.17, 15) is 0 Å². The summed E-state index contributed by atoms with van der Waals surface area (Å²) in [5.41, 5.74) is 1.16. The number of aromatic nitrogens is 1. The Balaban J connectivity index is 3.32. The fraction of sp³-hybridized carbons (Fsp3) is 0.182. The van der Waals surface area contributed by atoms with Gasteiger partial charge in [0.15, 0.2) is 0 Å². The molecule has 0 amide bonds. The molecule has 1 aromatic heterocycles. The Morgan fingerprint density at radius 3 is 2.92 bits per heavy atom. The average molecular weight is 159 g/mol. The van der Waals surface area contributed by atoms with Crippen molar-refractivity contribution in [3.05, 3.63) is 40.5 Å². The summed E-state index contributed by atoms with van der Waals surface area (Å²) in [6, 6.07) is 2.08. The Morgan fingerprint density at radius 2 is 2.25 bits per heavy atom. The predicted octanol–water partition coefficient (Wildman–Crippen LogP) is 1.16. The van der Waals surface area contributed by atoms with E-state index in [-0.39, 0.29) is 0 Å². The highest BCUT2D eigenvalue weighted by molar-refractivity contribution is 5.36. The van der Waals surface area contributed by atoms with Gasteiger partial charge in [0, 0.05) is 6.20 Å². The number of hydrogen-bond donors (Lipinski definition) is 0. The third kappa shape index (κ3) is 2.06. The Bertz CT molecular complexity index is 388. The summed E-state index contributed by atoms with van der Waals surface area (Å²) in [5.74, 6) is 0. The molecule has 0 aliphatic carbocycles. The van der Waals surface area contributed by atoms with Crippen molar-refractivity contribution in [1.29, 1.82) is 0 Å². The van der Waals surface area contributed by atoms with Crippen LogP contribution in [-0.2, 0) is 0 Å². The van der Waals surface area contributed by atoms with E-state index >= 15 is 0 Å². The van der Waals surface area contributed by atoms with Crippen LogP contribution in [0.3, 0.4) is 0 Å². The molecule has 0 aliphatic heterocycles. The monoisotopic (exact) mass is 159 g/mol. The summed E-state index contributed by atoms with van der Waals surface area (Å²) in [6.45, 7) is 7.85. The van der Waals surface area contributed by atoms with Crippen LogP contribution in [0, 0.1) is 6.92 Å². The third-order valence-electron chi connectivity index (χ3n) is 1.61. The van der Waals surface area contributed by atoms with Crippen molar-refractivity contribution in [1.82, 2.24) is 4.98 Å². The van der Waals surface area contributed by atoms with Gasteiger partial charge < -0.3 is 0 Å². The fourth-order valence-electron chi connectivity index (χ4n) is 0.964. The lowest BCUT2D eigenvalue weighted by Gasteiger charge is -1.90. The number of nitrogens with zero attached hydrogens (tertiary/aromatic N) is 1. The summed E-state index contributed by atoms with van der Waals surface area (Å²) in [4.78, 5) is 4.16. The number of pyridine rings is 1. The normalized spacial score (nSPS) is 12.7. The van der Waals surface area contributed by atoms with E-state index in [2.05, 4.69) is 17.6 Å². The highest BCUT2D eigenvalue weighted by Gasteiger charge is 1.84. The summed E-state index contributed by atoms with van der Waals surface area (Å²) < 4.78 is 0. The van der Waals surface area contributed by atoms with Gasteiger partial charge in [0.05, 0.1) is 5.35 Å². The number of aryl methyl sites for hydroxylation is 1. The Labute approximate surface area is 72.8 Å². The van der Waals surface area contributed by atoms with Crippen LogP contribution < -0.4 is 10.6 Å². The third-order valence-corrected chi connectivity index (χ3v) is 1.61. The molecule has 0 saturated heterocycles. The maximum atomic E-state index is 4.16. The molecule has 0 bridgehead atoms. The van der Waals surface area contributed by atoms with Crippen LogP contribution in [0.4, 0.5) is 0 Å². The van der Waals surface area contributed by atoms with Crippen molar-refractivity contribution < 1.29 is 0 Å². The predicted molar refractivity (Wildman–Crippen MR) is 53.0 cm³/mol. The summed E-state index contributed by atoms with van der Waals surface area (Å²) >= 11 is 0. The molecule has 62 valence electrons. The molecule has 1 heterocycles. The van der Waals surface area contributed by atoms with Gasteiger partial charge in [-0.15, -0.1) is 0 Å². The first kappa shape index (κ1) is 8.72. The molecule has 0 spiro atoms. The van der Waals surface area contributed by atoms with Crippen LogP contribution in [0.5, 0.6) is 0 Å². The molecular weight excluding hydrogens is 146 g/mol. The molecular formula is C11H13N. The lowest BCUT2D eigenvalue weighted by Crippen LogP contribution is -2.26. The molecule has 12 heavy (non-hydrogen) atoms. The number of hydrogen-bond acceptors (Lipinski definition) is 1. The van der Waals surface area contributed by atoms with Gasteiger partial charge in [0.25, 0.3) is 0 Å². The van der Waals surface area contributed by atoms with Gasteiger partial charge in [-0.05, 0) is 30.7 Å². The van der Waals surface area contributed by atoms with E-state index in [1.165, 1.54) is 0 Å². The quantitative estimate of drug-likeness (QED) is 0.599. The van der Waals surface area contributed by atoms with Crippen LogP contribution >= 0.6 is 0 Å². The minimum Gasteiger partial charge on any atom is -0.257 e. The van der Waals surface area contributed by atoms with Crippen molar-refractivity contribution in [2.75, 3.05) is 0 Å². The van der Waals surface area contributed by atoms with Crippen LogP contribution in [0.2, 0.25) is 0 Å². The molecule has 1 rings (SSSR count). The van der Waals surface area contributed by atoms with Crippen LogP contribution in [0.25, 0.3) is 12.7 Å². The van der Waals surface area contributed by atoms with Gasteiger partial charge in [-0.1, -0.05) is 24.8 Å². The van der Waals surface area contributed by atoms with E-state index in [0.717, 1.165) is 16.1 Å². The van der Waals surface area contributed by atoms with Crippen molar-refractivity contribution in [2.45, 2.75) is 13.8 Å². The molecule has 0 radical (unpaired) electrons. The molecule has 0 atom stereocenters. The van der Waals surface area contributed by atoms with Gasteiger partial charge in [0.1, 0.15) is 0 Å². The minimum absolute atomic E-state index is 0.832. The second-order valence-electron chi connectivity index (χ2n) is 2.74. The van der Waals surface area contributed by atoms with Gasteiger partial charge in [-0.25, -0.2) is 0 Å². The molecule has 0 aromatic carbocycles. The van der Waals surface area contributed by atoms with Crippen LogP contribution in [0.1, 0.15) is 12.5 Å². The smallest absolute Gasteiger partial charge is 0.0630 e. The summed E-state index contributed by atoms with van der Waals surface area (Å²) in [7, 11) is 0. The summed E-state index contributed by atoms with van der Waals surface area (Å²) in [5, 5.41) is 1.92. The molecule has 1 aromatic rings. The molecule has 0 aliphatic rings. The molecule has 1 nitrogen and oxygen atoms in total. The first-order chi connectivity index (χ1) is 5.74. The second-order valence-corrected chi connectivity index (χ2v) is 2.74. The average Bonchev–Trinajstić information content (AvgIpc) is 2.07. The van der Waals surface area contributed by atoms with Crippen LogP contribution in [-0.4, -0.2) is 4.98 Å². The molecule has 0 N–H and O–H groups in total. The Hall–Kier alpha value is -1.37. The second kappa shape index (κ2) is 3.86. The zero-order valence-electron chi connectivity index (χ0n) is 7.54. The maximum Gasteiger partial charge on any atom is 0.0630 e. The van der Waals surface area contributed by atoms with E-state index < -0.39 is 0 Å². The van der Waals surface area contributed by atoms with E-state index in [4.69, 9.17) is 0 Å². The maximum absolute atomic E-state index is 4.16. The minimum atomic E-state index is 0.832. The highest BCUT2D eigenvalue weighted by atomic mass is 14.6. The lowest BCUT2D eigenvalue weighted by atomic mass is 10.2. The van der Waals surface area contributed by atoms with E-state index in [1.807, 2.05) is 38.3 Å². The first-order valence-corrected chi connectivity index (χ1v) is 3.98. The van der Waals surface area contributed by atoms with Gasteiger partial charge in [-0.2, -0.15) is 0 Å². The van der Waals surface area contributed by atoms with Crippen molar-refractivity contribution >= 4 is 12.7 Å². The van der Waals surface area contributed by atoms with Crippen molar-refractivity contribution in [2.24, 2.45) is 0 Å². The Kier molecular flexibility index (Phi) is 2.81. The van der Waals surface area contributed by atoms with Gasteiger partial charge in [-0.3, -0.25) is 4.98 Å². The zero-order chi connectivity index (χ0) is 8.97. The largest absolute Gasteiger partial charge is 0.257 e. The van der Waals surface area contributed by atoms with E-state index in [0.29, 0.717) is 0 Å². The molecule has 0 saturated carbocycles. The van der Waals surface area contributed by atoms with Crippen molar-refractivity contribution in [3.63, 3.8) is 0 Å². The summed E-state index contributed by atoms with van der Waals surface area (Å²) in [6.07, 6.45) is 7.82. The SMILES string of the molecule is C=c1ncc(C)c/c1=C/C=C/C. The molecule has 1 heteroatoms. The van der Waals surface area contributed by atoms with Crippen LogP contribution in [0.15, 0.2) is 24.4 Å². The topological polar surface area (TPSA) is 12.9 Å². The van der Waals surface area contributed by atoms with Gasteiger partial charge in [0.2, 0.25) is 0 Å². The standard InChI is InChI=1S/C11H13N/c1-4-5-6-11-7-9(2)8-12-10(11)3/h4-8H,3H2,1-2H3/b5-4+,11-6-. The lowest BCUT2D eigenvalue weighted by molar-refractivity contribution is 1.19. The number of rotatable bonds is 1. The first-order valence-electron chi connectivity index (χ1n) is 3.98. The fourth-order valence-corrected chi connectivity index (χ4v) is 0.964. The number of allylic oxidation sites excluding steroid dienone is 2.